The maximum atomic E-state index is 12.7. The molecule has 1 saturated heterocycles. The minimum absolute atomic E-state index is 0.0403. The minimum Gasteiger partial charge on any atom is -0.415 e. The fourth-order valence-electron chi connectivity index (χ4n) is 4.15. The number of carbonyl (C=O) groups excluding carboxylic acids is 1. The largest absolute Gasteiger partial charge is 0.415 e. The van der Waals surface area contributed by atoms with Gasteiger partial charge in [0.15, 0.2) is 0 Å². The first kappa shape index (κ1) is 24.5. The van der Waals surface area contributed by atoms with Gasteiger partial charge < -0.3 is 19.4 Å². The molecule has 1 fully saturated rings. The number of carbonyl (C=O) groups is 1. The van der Waals surface area contributed by atoms with Crippen molar-refractivity contribution < 1.29 is 22.7 Å². The van der Waals surface area contributed by atoms with Crippen molar-refractivity contribution in [3.63, 3.8) is 0 Å². The molecule has 0 saturated carbocycles. The number of anilines is 1. The van der Waals surface area contributed by atoms with Crippen LogP contribution in [0.1, 0.15) is 37.3 Å². The van der Waals surface area contributed by atoms with Gasteiger partial charge in [-0.25, -0.2) is 9.48 Å². The highest BCUT2D eigenvalue weighted by atomic mass is 19.3. The summed E-state index contributed by atoms with van der Waals surface area (Å²) in [5, 5.41) is 18.7. The van der Waals surface area contributed by atoms with Crippen LogP contribution in [0, 0.1) is 0 Å². The van der Waals surface area contributed by atoms with E-state index in [0.717, 1.165) is 17.5 Å². The monoisotopic (exact) mass is 509 g/mol. The van der Waals surface area contributed by atoms with Crippen molar-refractivity contribution in [1.29, 1.82) is 0 Å². The second kappa shape index (κ2) is 10.8. The highest BCUT2D eigenvalue weighted by molar-refractivity contribution is 5.90. The number of alkyl halides is 2. The Morgan fingerprint density at radius 2 is 1.84 bits per heavy atom. The van der Waals surface area contributed by atoms with E-state index in [9.17, 15) is 13.6 Å². The quantitative estimate of drug-likeness (QED) is 0.381. The molecule has 1 atom stereocenters. The summed E-state index contributed by atoms with van der Waals surface area (Å²) in [7, 11) is 0. The van der Waals surface area contributed by atoms with Crippen molar-refractivity contribution in [2.24, 2.45) is 0 Å². The molecule has 4 aromatic rings. The van der Waals surface area contributed by atoms with Crippen LogP contribution < -0.4 is 5.32 Å². The van der Waals surface area contributed by atoms with Crippen LogP contribution in [0.25, 0.3) is 22.7 Å². The number of nitrogens with zero attached hydrogens (tertiary/aromatic N) is 6. The summed E-state index contributed by atoms with van der Waals surface area (Å²) in [6.45, 7) is 4.23. The molecule has 2 aromatic heterocycles. The van der Waals surface area contributed by atoms with Crippen LogP contribution in [0.4, 0.5) is 19.3 Å². The molecule has 192 valence electrons. The van der Waals surface area contributed by atoms with E-state index < -0.39 is 12.3 Å². The Morgan fingerprint density at radius 1 is 1.05 bits per heavy atom. The maximum absolute atomic E-state index is 12.7. The molecule has 12 heteroatoms. The Bertz CT molecular complexity index is 1350. The van der Waals surface area contributed by atoms with Crippen LogP contribution in [-0.2, 0) is 4.74 Å². The molecule has 0 aliphatic carbocycles. The first-order valence-electron chi connectivity index (χ1n) is 11.9. The molecule has 0 bridgehead atoms. The van der Waals surface area contributed by atoms with Gasteiger partial charge in [0, 0.05) is 29.9 Å². The van der Waals surface area contributed by atoms with Gasteiger partial charge in [0.05, 0.1) is 25.5 Å². The summed E-state index contributed by atoms with van der Waals surface area (Å²) < 4.78 is 37.6. The Kier molecular flexibility index (Phi) is 7.17. The second-order valence-corrected chi connectivity index (χ2v) is 8.49. The summed E-state index contributed by atoms with van der Waals surface area (Å²) in [5.74, 6) is -0.663. The molecule has 3 heterocycles. The standard InChI is InChI=1S/C25H25F2N7O3/c1-2-21(16-6-8-17(9-7-16)23-30-31-24(37-23)22(26)27)34-15-20(29-32-34)18-4-3-5-19(14-18)28-25(35)33-10-12-36-13-11-33/h3-9,14-15,21-22H,2,10-13H2,1H3,(H,28,35)/t21-/m1/s1. The smallest absolute Gasteiger partial charge is 0.321 e. The van der Waals surface area contributed by atoms with Crippen molar-refractivity contribution in [3.8, 4) is 22.7 Å². The van der Waals surface area contributed by atoms with E-state index >= 15 is 0 Å². The molecular formula is C25H25F2N7O3. The number of rotatable bonds is 7. The third-order valence-electron chi connectivity index (χ3n) is 6.09. The minimum atomic E-state index is -2.81. The van der Waals surface area contributed by atoms with Gasteiger partial charge in [-0.15, -0.1) is 15.3 Å². The van der Waals surface area contributed by atoms with Crippen LogP contribution in [0.15, 0.2) is 59.1 Å². The molecule has 5 rings (SSSR count). The van der Waals surface area contributed by atoms with Crippen molar-refractivity contribution in [3.05, 3.63) is 66.2 Å². The molecule has 1 aliphatic heterocycles. The summed E-state index contributed by atoms with van der Waals surface area (Å²) in [5.41, 5.74) is 3.67. The number of halogens is 2. The lowest BCUT2D eigenvalue weighted by Crippen LogP contribution is -2.43. The summed E-state index contributed by atoms with van der Waals surface area (Å²) >= 11 is 0. The second-order valence-electron chi connectivity index (χ2n) is 8.49. The molecule has 1 aliphatic rings. The number of hydrogen-bond donors (Lipinski definition) is 1. The lowest BCUT2D eigenvalue weighted by molar-refractivity contribution is 0.0564. The fourth-order valence-corrected chi connectivity index (χ4v) is 4.15. The van der Waals surface area contributed by atoms with Gasteiger partial charge in [0.1, 0.15) is 5.69 Å². The van der Waals surface area contributed by atoms with Crippen molar-refractivity contribution in [1.82, 2.24) is 30.1 Å². The van der Waals surface area contributed by atoms with Gasteiger partial charge in [-0.3, -0.25) is 0 Å². The first-order valence-corrected chi connectivity index (χ1v) is 11.9. The van der Waals surface area contributed by atoms with Gasteiger partial charge in [-0.2, -0.15) is 8.78 Å². The van der Waals surface area contributed by atoms with E-state index in [2.05, 4.69) is 25.8 Å². The molecule has 1 N–H and O–H groups in total. The number of urea groups is 1. The number of hydrogen-bond acceptors (Lipinski definition) is 7. The molecule has 10 nitrogen and oxygen atoms in total. The lowest BCUT2D eigenvalue weighted by atomic mass is 10.0. The van der Waals surface area contributed by atoms with Gasteiger partial charge in [0.2, 0.25) is 5.89 Å². The average molecular weight is 510 g/mol. The normalized spacial score (nSPS) is 14.6. The lowest BCUT2D eigenvalue weighted by Gasteiger charge is -2.26. The topological polar surface area (TPSA) is 111 Å². The van der Waals surface area contributed by atoms with Crippen molar-refractivity contribution in [2.75, 3.05) is 31.6 Å². The first-order chi connectivity index (χ1) is 18.0. The van der Waals surface area contributed by atoms with Crippen molar-refractivity contribution >= 4 is 11.7 Å². The van der Waals surface area contributed by atoms with Crippen LogP contribution >= 0.6 is 0 Å². The van der Waals surface area contributed by atoms with Crippen LogP contribution in [-0.4, -0.2) is 62.4 Å². The van der Waals surface area contributed by atoms with Gasteiger partial charge in [-0.1, -0.05) is 36.4 Å². The summed E-state index contributed by atoms with van der Waals surface area (Å²) in [6.07, 6.45) is -0.209. The van der Waals surface area contributed by atoms with E-state index in [-0.39, 0.29) is 18.0 Å². The SMILES string of the molecule is CC[C@H](c1ccc(-c2nnc(C(F)F)o2)cc1)n1cc(-c2cccc(NC(=O)N3CCOCC3)c2)nn1. The Balaban J connectivity index is 1.30. The van der Waals surface area contributed by atoms with E-state index in [1.807, 2.05) is 49.5 Å². The Labute approximate surface area is 211 Å². The fraction of sp³-hybridized carbons (Fsp3) is 0.320. The number of benzene rings is 2. The summed E-state index contributed by atoms with van der Waals surface area (Å²) in [6, 6.07) is 14.4. The Hall–Kier alpha value is -4.19. The molecule has 2 amide bonds. The number of amides is 2. The highest BCUT2D eigenvalue weighted by Crippen LogP contribution is 2.28. The molecule has 0 radical (unpaired) electrons. The zero-order chi connectivity index (χ0) is 25.8. The molecular weight excluding hydrogens is 484 g/mol. The molecule has 37 heavy (non-hydrogen) atoms. The number of morpholine rings is 1. The molecule has 0 unspecified atom stereocenters. The number of nitrogens with one attached hydrogen (secondary N) is 1. The van der Waals surface area contributed by atoms with Gasteiger partial charge in [0.25, 0.3) is 5.89 Å². The van der Waals surface area contributed by atoms with Gasteiger partial charge in [-0.05, 0) is 36.2 Å². The van der Waals surface area contributed by atoms with Gasteiger partial charge >= 0.3 is 12.5 Å². The third kappa shape index (κ3) is 5.48. The van der Waals surface area contributed by atoms with Crippen molar-refractivity contribution in [2.45, 2.75) is 25.8 Å². The molecule has 0 spiro atoms. The zero-order valence-electron chi connectivity index (χ0n) is 20.1. The predicted molar refractivity (Wildman–Crippen MR) is 130 cm³/mol. The van der Waals surface area contributed by atoms with E-state index in [1.54, 1.807) is 21.7 Å². The van der Waals surface area contributed by atoms with E-state index in [4.69, 9.17) is 9.15 Å². The maximum Gasteiger partial charge on any atom is 0.321 e. The predicted octanol–water partition coefficient (Wildman–Crippen LogP) is 4.80. The number of aromatic nitrogens is 5. The Morgan fingerprint density at radius 3 is 2.54 bits per heavy atom. The van der Waals surface area contributed by atoms with E-state index in [0.29, 0.717) is 43.2 Å². The van der Waals surface area contributed by atoms with Crippen LogP contribution in [0.3, 0.4) is 0 Å². The van der Waals surface area contributed by atoms with Crippen LogP contribution in [0.2, 0.25) is 0 Å². The zero-order valence-corrected chi connectivity index (χ0v) is 20.1. The number of ether oxygens (including phenoxy) is 1. The summed E-state index contributed by atoms with van der Waals surface area (Å²) in [4.78, 5) is 14.3. The highest BCUT2D eigenvalue weighted by Gasteiger charge is 2.20. The molecule has 2 aromatic carbocycles. The third-order valence-corrected chi connectivity index (χ3v) is 6.09. The van der Waals surface area contributed by atoms with Crippen LogP contribution in [0.5, 0.6) is 0 Å². The van der Waals surface area contributed by atoms with E-state index in [1.165, 1.54) is 0 Å². The average Bonchev–Trinajstić information content (AvgIpc) is 3.61.